The van der Waals surface area contributed by atoms with E-state index in [-0.39, 0.29) is 11.9 Å². The fourth-order valence-corrected chi connectivity index (χ4v) is 5.41. The number of anilines is 2. The van der Waals surface area contributed by atoms with Gasteiger partial charge in [-0.15, -0.1) is 5.10 Å². The normalized spacial score (nSPS) is 23.6. The van der Waals surface area contributed by atoms with E-state index in [0.717, 1.165) is 75.0 Å². The van der Waals surface area contributed by atoms with E-state index in [2.05, 4.69) is 21.2 Å². The summed E-state index contributed by atoms with van der Waals surface area (Å²) in [6.45, 7) is 4.29. The molecule has 4 rings (SSSR count). The molecule has 1 aliphatic heterocycles. The predicted octanol–water partition coefficient (Wildman–Crippen LogP) is 5.61. The molecule has 0 unspecified atom stereocenters. The number of carbonyl (C=O) groups is 1. The fraction of sp³-hybridized carbons (Fsp3) is 0.536. The van der Waals surface area contributed by atoms with Crippen molar-refractivity contribution in [1.29, 1.82) is 0 Å². The minimum atomic E-state index is -0.0207. The Morgan fingerprint density at radius 1 is 1.06 bits per heavy atom. The van der Waals surface area contributed by atoms with Gasteiger partial charge in [0, 0.05) is 13.1 Å². The van der Waals surface area contributed by atoms with Gasteiger partial charge in [0.05, 0.1) is 17.3 Å². The molecule has 0 radical (unpaired) electrons. The second-order valence-corrected chi connectivity index (χ2v) is 9.76. The van der Waals surface area contributed by atoms with E-state index in [0.29, 0.717) is 18.3 Å². The number of aryl methyl sites for hydroxylation is 1. The number of carbonyl (C=O) groups excluding carboxylic acids is 1. The number of nitrogen functional groups attached to an aromatic ring is 1. The molecule has 0 spiro atoms. The first kappa shape index (κ1) is 24.2. The molecule has 0 bridgehead atoms. The van der Waals surface area contributed by atoms with Crippen molar-refractivity contribution in [2.75, 3.05) is 23.7 Å². The maximum atomic E-state index is 12.6. The largest absolute Gasteiger partial charge is 0.461 e. The molecule has 0 saturated heterocycles. The van der Waals surface area contributed by atoms with Crippen molar-refractivity contribution < 1.29 is 9.53 Å². The number of allylic oxidation sites excluding steroid dienone is 1. The van der Waals surface area contributed by atoms with E-state index in [1.54, 1.807) is 5.57 Å². The average Bonchev–Trinajstić information content (AvgIpc) is 2.80. The predicted molar refractivity (Wildman–Crippen MR) is 136 cm³/mol. The molecule has 1 aromatic carbocycles. The van der Waals surface area contributed by atoms with Gasteiger partial charge in [-0.05, 0) is 69.4 Å². The number of benzene rings is 1. The van der Waals surface area contributed by atoms with Crippen molar-refractivity contribution in [2.24, 2.45) is 11.8 Å². The van der Waals surface area contributed by atoms with Crippen LogP contribution in [0.4, 0.5) is 11.5 Å². The Morgan fingerprint density at radius 3 is 2.59 bits per heavy atom. The van der Waals surface area contributed by atoms with Crippen LogP contribution in [0.5, 0.6) is 0 Å². The van der Waals surface area contributed by atoms with E-state index in [4.69, 9.17) is 10.5 Å². The summed E-state index contributed by atoms with van der Waals surface area (Å²) >= 11 is 0. The summed E-state index contributed by atoms with van der Waals surface area (Å²) in [6.07, 6.45) is 12.2. The lowest BCUT2D eigenvalue weighted by atomic mass is 9.80. The molecule has 2 aromatic rings. The molecule has 0 amide bonds. The van der Waals surface area contributed by atoms with Crippen molar-refractivity contribution in [3.8, 4) is 0 Å². The van der Waals surface area contributed by atoms with Crippen molar-refractivity contribution >= 4 is 17.5 Å². The average molecular weight is 463 g/mol. The van der Waals surface area contributed by atoms with E-state index >= 15 is 0 Å². The summed E-state index contributed by atoms with van der Waals surface area (Å²) in [5.74, 6) is 1.20. The lowest BCUT2D eigenvalue weighted by molar-refractivity contribution is -0.150. The zero-order valence-electron chi connectivity index (χ0n) is 20.4. The molecule has 1 saturated carbocycles. The summed E-state index contributed by atoms with van der Waals surface area (Å²) in [5.41, 5.74) is 10.7. The summed E-state index contributed by atoms with van der Waals surface area (Å²) < 4.78 is 5.63. The van der Waals surface area contributed by atoms with E-state index in [1.165, 1.54) is 12.8 Å². The molecular formula is C28H38N4O2. The standard InChI is InChI=1S/C28H38N4O2/c1-21-19-26(27(29)31-30-21)32-17-7-15-24(16-8-18-32)23-11-5-13-25(14-6-12-23)28(33)34-20-22-9-3-2-4-10-22/h2-4,9-10,15,19,23,25H,5-8,11-14,16-18,20H2,1H3,(H2,29,31)/b24-15+. The highest BCUT2D eigenvalue weighted by molar-refractivity contribution is 5.72. The van der Waals surface area contributed by atoms with Crippen molar-refractivity contribution in [1.82, 2.24) is 10.2 Å². The molecular weight excluding hydrogens is 424 g/mol. The lowest BCUT2D eigenvalue weighted by Crippen LogP contribution is -2.28. The fourth-order valence-electron chi connectivity index (χ4n) is 5.41. The Morgan fingerprint density at radius 2 is 1.82 bits per heavy atom. The molecule has 2 N–H and O–H groups in total. The minimum absolute atomic E-state index is 0.0207. The number of ether oxygens (including phenoxy) is 1. The second kappa shape index (κ2) is 12.0. The number of nitrogens with zero attached hydrogens (tertiary/aromatic N) is 3. The molecule has 2 heterocycles. The summed E-state index contributed by atoms with van der Waals surface area (Å²) in [5, 5.41) is 8.16. The van der Waals surface area contributed by atoms with Crippen LogP contribution in [0, 0.1) is 18.8 Å². The van der Waals surface area contributed by atoms with Crippen LogP contribution in [0.3, 0.4) is 0 Å². The van der Waals surface area contributed by atoms with Gasteiger partial charge >= 0.3 is 5.97 Å². The molecule has 1 aromatic heterocycles. The number of esters is 1. The summed E-state index contributed by atoms with van der Waals surface area (Å²) in [6, 6.07) is 12.0. The van der Waals surface area contributed by atoms with Gasteiger partial charge in [-0.25, -0.2) is 0 Å². The van der Waals surface area contributed by atoms with Gasteiger partial charge < -0.3 is 15.4 Å². The first-order valence-electron chi connectivity index (χ1n) is 12.8. The maximum Gasteiger partial charge on any atom is 0.309 e. The zero-order valence-corrected chi connectivity index (χ0v) is 20.4. The van der Waals surface area contributed by atoms with Crippen LogP contribution in [0.1, 0.15) is 69.0 Å². The molecule has 6 heteroatoms. The van der Waals surface area contributed by atoms with Gasteiger partial charge in [-0.3, -0.25) is 4.79 Å². The lowest BCUT2D eigenvalue weighted by Gasteiger charge is -2.30. The highest BCUT2D eigenvalue weighted by Crippen LogP contribution is 2.34. The summed E-state index contributed by atoms with van der Waals surface area (Å²) in [7, 11) is 0. The highest BCUT2D eigenvalue weighted by atomic mass is 16.5. The second-order valence-electron chi connectivity index (χ2n) is 9.76. The first-order chi connectivity index (χ1) is 16.6. The minimum Gasteiger partial charge on any atom is -0.461 e. The molecule has 6 nitrogen and oxygen atoms in total. The Labute approximate surface area is 203 Å². The van der Waals surface area contributed by atoms with Crippen LogP contribution in [-0.2, 0) is 16.1 Å². The highest BCUT2D eigenvalue weighted by Gasteiger charge is 2.25. The molecule has 1 aliphatic carbocycles. The van der Waals surface area contributed by atoms with E-state index in [1.807, 2.05) is 43.3 Å². The number of hydrogen-bond donors (Lipinski definition) is 1. The van der Waals surface area contributed by atoms with Crippen LogP contribution in [0.2, 0.25) is 0 Å². The zero-order chi connectivity index (χ0) is 23.8. The van der Waals surface area contributed by atoms with Crippen LogP contribution >= 0.6 is 0 Å². The van der Waals surface area contributed by atoms with Gasteiger partial charge in [-0.2, -0.15) is 5.10 Å². The van der Waals surface area contributed by atoms with E-state index < -0.39 is 0 Å². The quantitative estimate of drug-likeness (QED) is 0.459. The maximum absolute atomic E-state index is 12.6. The number of hydrogen-bond acceptors (Lipinski definition) is 6. The monoisotopic (exact) mass is 462 g/mol. The van der Waals surface area contributed by atoms with Crippen molar-refractivity contribution in [3.05, 3.63) is 59.3 Å². The SMILES string of the molecule is Cc1cc(N2CC/C=C(/C3CCCC(C(=O)OCc4ccccc4)CCC3)CCC2)c(N)nn1. The Kier molecular flexibility index (Phi) is 8.56. The third kappa shape index (κ3) is 6.58. The van der Waals surface area contributed by atoms with Crippen LogP contribution in [-0.4, -0.2) is 29.3 Å². The number of rotatable bonds is 5. The number of aromatic nitrogens is 2. The number of nitrogens with two attached hydrogens (primary N) is 1. The van der Waals surface area contributed by atoms with Crippen LogP contribution in [0.25, 0.3) is 0 Å². The molecule has 2 aliphatic rings. The third-order valence-electron chi connectivity index (χ3n) is 7.26. The van der Waals surface area contributed by atoms with Gasteiger partial charge in [0.25, 0.3) is 0 Å². The van der Waals surface area contributed by atoms with E-state index in [9.17, 15) is 4.79 Å². The van der Waals surface area contributed by atoms with Gasteiger partial charge in [0.2, 0.25) is 0 Å². The van der Waals surface area contributed by atoms with Crippen molar-refractivity contribution in [2.45, 2.75) is 71.3 Å². The Hall–Kier alpha value is -2.89. The molecule has 1 fully saturated rings. The van der Waals surface area contributed by atoms with Crippen LogP contribution < -0.4 is 10.6 Å². The topological polar surface area (TPSA) is 81.3 Å². The summed E-state index contributed by atoms with van der Waals surface area (Å²) in [4.78, 5) is 15.0. The Bertz CT molecular complexity index is 966. The van der Waals surface area contributed by atoms with Gasteiger partial charge in [0.15, 0.2) is 5.82 Å². The Balaban J connectivity index is 1.26. The van der Waals surface area contributed by atoms with Gasteiger partial charge in [0.1, 0.15) is 6.61 Å². The molecule has 0 atom stereocenters. The first-order valence-corrected chi connectivity index (χ1v) is 12.8. The third-order valence-corrected chi connectivity index (χ3v) is 7.26. The van der Waals surface area contributed by atoms with Gasteiger partial charge in [-0.1, -0.05) is 54.8 Å². The smallest absolute Gasteiger partial charge is 0.309 e. The molecule has 34 heavy (non-hydrogen) atoms. The van der Waals surface area contributed by atoms with Crippen molar-refractivity contribution in [3.63, 3.8) is 0 Å². The molecule has 182 valence electrons. The van der Waals surface area contributed by atoms with Crippen LogP contribution in [0.15, 0.2) is 48.0 Å².